The van der Waals surface area contributed by atoms with Gasteiger partial charge in [-0.1, -0.05) is 6.07 Å². The minimum Gasteiger partial charge on any atom is -0.356 e. The van der Waals surface area contributed by atoms with Crippen LogP contribution in [0.15, 0.2) is 42.7 Å². The molecule has 1 fully saturated rings. The lowest BCUT2D eigenvalue weighted by Crippen LogP contribution is -2.21. The zero-order chi connectivity index (χ0) is 19.0. The third kappa shape index (κ3) is 3.49. The van der Waals surface area contributed by atoms with Crippen molar-refractivity contribution in [1.29, 1.82) is 0 Å². The average molecular weight is 374 g/mol. The molecule has 0 amide bonds. The Bertz CT molecular complexity index is 921. The summed E-state index contributed by atoms with van der Waals surface area (Å²) < 4.78 is 39.9. The van der Waals surface area contributed by atoms with Gasteiger partial charge in [-0.15, -0.1) is 5.10 Å². The van der Waals surface area contributed by atoms with E-state index in [1.165, 1.54) is 6.07 Å². The Kier molecular flexibility index (Phi) is 4.29. The molecular formula is C18H17F3N6. The summed E-state index contributed by atoms with van der Waals surface area (Å²) in [7, 11) is 0. The lowest BCUT2D eigenvalue weighted by Gasteiger charge is -2.18. The van der Waals surface area contributed by atoms with Crippen LogP contribution >= 0.6 is 0 Å². The van der Waals surface area contributed by atoms with E-state index in [4.69, 9.17) is 0 Å². The van der Waals surface area contributed by atoms with E-state index in [0.29, 0.717) is 30.5 Å². The maximum absolute atomic E-state index is 12.7. The van der Waals surface area contributed by atoms with E-state index < -0.39 is 11.7 Å². The van der Waals surface area contributed by atoms with Gasteiger partial charge >= 0.3 is 6.18 Å². The SMILES string of the molecule is Cc1nc([C@@H]2CCN(c3ccc(C(F)(F)F)cn3)C2)n(-c2ccccn2)n1. The molecule has 4 rings (SSSR count). The highest BCUT2D eigenvalue weighted by Crippen LogP contribution is 2.32. The van der Waals surface area contributed by atoms with E-state index >= 15 is 0 Å². The molecule has 0 unspecified atom stereocenters. The molecule has 4 heterocycles. The van der Waals surface area contributed by atoms with E-state index in [-0.39, 0.29) is 5.92 Å². The molecule has 1 aliphatic heterocycles. The smallest absolute Gasteiger partial charge is 0.356 e. The van der Waals surface area contributed by atoms with E-state index in [1.807, 2.05) is 30.0 Å². The zero-order valence-electron chi connectivity index (χ0n) is 14.6. The van der Waals surface area contributed by atoms with Crippen molar-refractivity contribution in [3.63, 3.8) is 0 Å². The average Bonchev–Trinajstić information content (AvgIpc) is 3.28. The van der Waals surface area contributed by atoms with Crippen LogP contribution in [0, 0.1) is 6.92 Å². The fraction of sp³-hybridized carbons (Fsp3) is 0.333. The summed E-state index contributed by atoms with van der Waals surface area (Å²) in [5.74, 6) is 2.78. The summed E-state index contributed by atoms with van der Waals surface area (Å²) in [6.07, 6.45) is -0.990. The standard InChI is InChI=1S/C18H17F3N6/c1-12-24-17(27(25-12)16-4-2-3-8-22-16)13-7-9-26(11-13)15-6-5-14(10-23-15)18(19,20)21/h2-6,8,10,13H,7,9,11H2,1H3/t13-/m1/s1. The Morgan fingerprint density at radius 3 is 2.59 bits per heavy atom. The highest BCUT2D eigenvalue weighted by Gasteiger charge is 2.32. The first-order valence-corrected chi connectivity index (χ1v) is 8.55. The topological polar surface area (TPSA) is 59.7 Å². The molecule has 0 radical (unpaired) electrons. The molecule has 0 saturated carbocycles. The molecule has 27 heavy (non-hydrogen) atoms. The largest absolute Gasteiger partial charge is 0.417 e. The molecule has 0 aliphatic carbocycles. The van der Waals surface area contributed by atoms with Crippen LogP contribution in [0.5, 0.6) is 0 Å². The van der Waals surface area contributed by atoms with Gasteiger partial charge in [0.2, 0.25) is 0 Å². The number of alkyl halides is 3. The van der Waals surface area contributed by atoms with Crippen molar-refractivity contribution >= 4 is 5.82 Å². The number of anilines is 1. The maximum Gasteiger partial charge on any atom is 0.417 e. The number of hydrogen-bond acceptors (Lipinski definition) is 5. The van der Waals surface area contributed by atoms with Crippen LogP contribution in [-0.2, 0) is 6.18 Å². The second-order valence-electron chi connectivity index (χ2n) is 6.45. The summed E-state index contributed by atoms with van der Waals surface area (Å²) >= 11 is 0. The molecule has 0 bridgehead atoms. The van der Waals surface area contributed by atoms with Crippen molar-refractivity contribution in [2.45, 2.75) is 25.4 Å². The van der Waals surface area contributed by atoms with Gasteiger partial charge in [0.05, 0.1) is 5.56 Å². The number of aromatic nitrogens is 5. The summed E-state index contributed by atoms with van der Waals surface area (Å²) in [6, 6.07) is 8.06. The molecule has 3 aromatic rings. The zero-order valence-corrected chi connectivity index (χ0v) is 14.6. The molecule has 1 saturated heterocycles. The molecule has 0 aromatic carbocycles. The number of aryl methyl sites for hydroxylation is 1. The maximum atomic E-state index is 12.7. The molecule has 140 valence electrons. The van der Waals surface area contributed by atoms with E-state index in [2.05, 4.69) is 20.1 Å². The van der Waals surface area contributed by atoms with Crippen LogP contribution in [-0.4, -0.2) is 37.8 Å². The molecule has 0 spiro atoms. The summed E-state index contributed by atoms with van der Waals surface area (Å²) in [4.78, 5) is 14.9. The van der Waals surface area contributed by atoms with Gasteiger partial charge in [0.1, 0.15) is 17.5 Å². The number of nitrogens with zero attached hydrogens (tertiary/aromatic N) is 6. The Morgan fingerprint density at radius 1 is 1.07 bits per heavy atom. The first-order valence-electron chi connectivity index (χ1n) is 8.55. The van der Waals surface area contributed by atoms with Crippen LogP contribution < -0.4 is 4.90 Å². The van der Waals surface area contributed by atoms with E-state index in [9.17, 15) is 13.2 Å². The van der Waals surface area contributed by atoms with Crippen molar-refractivity contribution in [3.8, 4) is 5.82 Å². The molecule has 3 aromatic heterocycles. The Labute approximate surface area is 153 Å². The summed E-state index contributed by atoms with van der Waals surface area (Å²) in [5.41, 5.74) is -0.743. The van der Waals surface area contributed by atoms with E-state index in [0.717, 1.165) is 24.5 Å². The predicted octanol–water partition coefficient (Wildman–Crippen LogP) is 3.38. The van der Waals surface area contributed by atoms with Gasteiger partial charge in [-0.25, -0.2) is 15.0 Å². The monoisotopic (exact) mass is 374 g/mol. The van der Waals surface area contributed by atoms with Crippen LogP contribution in [0.4, 0.5) is 19.0 Å². The molecule has 1 aliphatic rings. The minimum atomic E-state index is -4.38. The second-order valence-corrected chi connectivity index (χ2v) is 6.45. The van der Waals surface area contributed by atoms with Gasteiger partial charge in [-0.2, -0.15) is 17.9 Å². The molecular weight excluding hydrogens is 357 g/mol. The highest BCUT2D eigenvalue weighted by molar-refractivity contribution is 5.42. The Morgan fingerprint density at radius 2 is 1.93 bits per heavy atom. The number of hydrogen-bond donors (Lipinski definition) is 0. The number of halogens is 3. The fourth-order valence-electron chi connectivity index (χ4n) is 3.26. The Balaban J connectivity index is 1.55. The highest BCUT2D eigenvalue weighted by atomic mass is 19.4. The summed E-state index contributed by atoms with van der Waals surface area (Å²) in [5, 5.41) is 4.45. The third-order valence-corrected chi connectivity index (χ3v) is 4.56. The van der Waals surface area contributed by atoms with Gasteiger partial charge in [-0.3, -0.25) is 0 Å². The van der Waals surface area contributed by atoms with Crippen molar-refractivity contribution < 1.29 is 13.2 Å². The van der Waals surface area contributed by atoms with Gasteiger partial charge in [0.25, 0.3) is 0 Å². The van der Waals surface area contributed by atoms with Gasteiger partial charge in [-0.05, 0) is 37.6 Å². The van der Waals surface area contributed by atoms with Crippen LogP contribution in [0.25, 0.3) is 5.82 Å². The number of rotatable bonds is 3. The van der Waals surface area contributed by atoms with Gasteiger partial charge in [0, 0.05) is 31.4 Å². The summed E-state index contributed by atoms with van der Waals surface area (Å²) in [6.45, 7) is 3.13. The molecule has 0 N–H and O–H groups in total. The first-order chi connectivity index (χ1) is 12.9. The van der Waals surface area contributed by atoms with Crippen LogP contribution in [0.3, 0.4) is 0 Å². The molecule has 1 atom stereocenters. The molecule has 9 heteroatoms. The lowest BCUT2D eigenvalue weighted by molar-refractivity contribution is -0.137. The predicted molar refractivity (Wildman–Crippen MR) is 92.7 cm³/mol. The van der Waals surface area contributed by atoms with Crippen molar-refractivity contribution in [2.24, 2.45) is 0 Å². The third-order valence-electron chi connectivity index (χ3n) is 4.56. The van der Waals surface area contributed by atoms with Gasteiger partial charge in [0.15, 0.2) is 5.82 Å². The second kappa shape index (κ2) is 6.64. The normalized spacial score (nSPS) is 17.5. The van der Waals surface area contributed by atoms with Crippen molar-refractivity contribution in [1.82, 2.24) is 24.7 Å². The fourth-order valence-corrected chi connectivity index (χ4v) is 3.26. The lowest BCUT2D eigenvalue weighted by atomic mass is 10.1. The van der Waals surface area contributed by atoms with Crippen molar-refractivity contribution in [3.05, 3.63) is 59.9 Å². The minimum absolute atomic E-state index is 0.0947. The van der Waals surface area contributed by atoms with Crippen molar-refractivity contribution in [2.75, 3.05) is 18.0 Å². The van der Waals surface area contributed by atoms with Gasteiger partial charge < -0.3 is 4.90 Å². The first kappa shape index (κ1) is 17.4. The van der Waals surface area contributed by atoms with E-state index in [1.54, 1.807) is 10.9 Å². The number of pyridine rings is 2. The van der Waals surface area contributed by atoms with Crippen LogP contribution in [0.2, 0.25) is 0 Å². The molecule has 6 nitrogen and oxygen atoms in total. The quantitative estimate of drug-likeness (QED) is 0.703. The Hall–Kier alpha value is -2.97. The van der Waals surface area contributed by atoms with Crippen LogP contribution in [0.1, 0.15) is 29.6 Å².